The molecule has 4 nitrogen and oxygen atoms in total. The van der Waals surface area contributed by atoms with Gasteiger partial charge in [-0.3, -0.25) is 0 Å². The van der Waals surface area contributed by atoms with Crippen molar-refractivity contribution < 1.29 is 9.53 Å². The Morgan fingerprint density at radius 1 is 1.40 bits per heavy atom. The molecule has 0 aromatic carbocycles. The van der Waals surface area contributed by atoms with Gasteiger partial charge in [-0.25, -0.2) is 4.79 Å². The monoisotopic (exact) mass is 212 g/mol. The van der Waals surface area contributed by atoms with Gasteiger partial charge >= 0.3 is 6.09 Å². The Hall–Kier alpha value is -0.770. The lowest BCUT2D eigenvalue weighted by Gasteiger charge is -2.27. The Labute approximate surface area is 90.8 Å². The minimum atomic E-state index is -0.413. The summed E-state index contributed by atoms with van der Waals surface area (Å²) in [6, 6.07) is 0.681. The van der Waals surface area contributed by atoms with Gasteiger partial charge in [0.1, 0.15) is 5.60 Å². The Morgan fingerprint density at radius 2 is 2.07 bits per heavy atom. The van der Waals surface area contributed by atoms with Gasteiger partial charge in [0.05, 0.1) is 6.04 Å². The van der Waals surface area contributed by atoms with E-state index in [-0.39, 0.29) is 18.2 Å². The SMILES string of the molecule is CC(C)(C)OC(=O)N1[C@@H]2CC[C@H]1C(N)C2. The minimum Gasteiger partial charge on any atom is -0.444 e. The number of fused-ring (bicyclic) bond motifs is 2. The van der Waals surface area contributed by atoms with E-state index >= 15 is 0 Å². The fraction of sp³-hybridized carbons (Fsp3) is 0.909. The lowest BCUT2D eigenvalue weighted by molar-refractivity contribution is 0.0213. The van der Waals surface area contributed by atoms with E-state index in [4.69, 9.17) is 10.5 Å². The smallest absolute Gasteiger partial charge is 0.410 e. The van der Waals surface area contributed by atoms with Crippen molar-refractivity contribution in [2.45, 2.75) is 63.8 Å². The molecular formula is C11H20N2O2. The lowest BCUT2D eigenvalue weighted by atomic mass is 9.97. The second kappa shape index (κ2) is 3.37. The van der Waals surface area contributed by atoms with Crippen LogP contribution in [0.5, 0.6) is 0 Å². The zero-order valence-electron chi connectivity index (χ0n) is 9.69. The van der Waals surface area contributed by atoms with E-state index in [1.165, 1.54) is 0 Å². The maximum atomic E-state index is 11.9. The van der Waals surface area contributed by atoms with Crippen LogP contribution in [0, 0.1) is 0 Å². The van der Waals surface area contributed by atoms with Crippen LogP contribution in [0.3, 0.4) is 0 Å². The van der Waals surface area contributed by atoms with E-state index in [1.54, 1.807) is 0 Å². The molecule has 15 heavy (non-hydrogen) atoms. The molecule has 2 saturated heterocycles. The summed E-state index contributed by atoms with van der Waals surface area (Å²) < 4.78 is 5.38. The van der Waals surface area contributed by atoms with Crippen molar-refractivity contribution in [2.75, 3.05) is 0 Å². The van der Waals surface area contributed by atoms with Gasteiger partial charge in [0, 0.05) is 12.1 Å². The summed E-state index contributed by atoms with van der Waals surface area (Å²) in [6.07, 6.45) is 2.86. The van der Waals surface area contributed by atoms with Gasteiger partial charge in [-0.15, -0.1) is 0 Å². The number of hydrogen-bond acceptors (Lipinski definition) is 3. The molecule has 4 heteroatoms. The molecule has 86 valence electrons. The highest BCUT2D eigenvalue weighted by atomic mass is 16.6. The Kier molecular flexibility index (Phi) is 2.41. The summed E-state index contributed by atoms with van der Waals surface area (Å²) in [5, 5.41) is 0. The van der Waals surface area contributed by atoms with E-state index < -0.39 is 5.60 Å². The zero-order valence-corrected chi connectivity index (χ0v) is 9.69. The molecule has 0 aliphatic carbocycles. The molecule has 1 amide bonds. The highest BCUT2D eigenvalue weighted by molar-refractivity contribution is 5.70. The fourth-order valence-electron chi connectivity index (χ4n) is 2.63. The van der Waals surface area contributed by atoms with Crippen molar-refractivity contribution in [3.63, 3.8) is 0 Å². The maximum Gasteiger partial charge on any atom is 0.410 e. The van der Waals surface area contributed by atoms with Crippen LogP contribution >= 0.6 is 0 Å². The van der Waals surface area contributed by atoms with E-state index in [1.807, 2.05) is 25.7 Å². The maximum absolute atomic E-state index is 11.9. The summed E-state index contributed by atoms with van der Waals surface area (Å²) in [6.45, 7) is 5.68. The van der Waals surface area contributed by atoms with Crippen LogP contribution in [0.25, 0.3) is 0 Å². The van der Waals surface area contributed by atoms with Gasteiger partial charge in [0.25, 0.3) is 0 Å². The van der Waals surface area contributed by atoms with E-state index in [9.17, 15) is 4.79 Å². The number of amides is 1. The third-order valence-electron chi connectivity index (χ3n) is 3.19. The van der Waals surface area contributed by atoms with E-state index in [0.717, 1.165) is 19.3 Å². The zero-order chi connectivity index (χ0) is 11.2. The molecule has 0 saturated carbocycles. The normalized spacial score (nSPS) is 34.7. The number of nitrogens with two attached hydrogens (primary N) is 1. The third-order valence-corrected chi connectivity index (χ3v) is 3.19. The van der Waals surface area contributed by atoms with Crippen LogP contribution in [0.2, 0.25) is 0 Å². The quantitative estimate of drug-likeness (QED) is 0.661. The van der Waals surface area contributed by atoms with Crippen LogP contribution in [0.15, 0.2) is 0 Å². The second-order valence-corrected chi connectivity index (χ2v) is 5.59. The Bertz CT molecular complexity index is 272. The van der Waals surface area contributed by atoms with E-state index in [2.05, 4.69) is 0 Å². The van der Waals surface area contributed by atoms with Crippen LogP contribution < -0.4 is 5.73 Å². The average Bonchev–Trinajstić information content (AvgIpc) is 2.55. The summed E-state index contributed by atoms with van der Waals surface area (Å²) in [4.78, 5) is 13.8. The van der Waals surface area contributed by atoms with Crippen LogP contribution in [-0.4, -0.2) is 34.7 Å². The van der Waals surface area contributed by atoms with Crippen molar-refractivity contribution in [2.24, 2.45) is 5.73 Å². The molecule has 0 aromatic rings. The fourth-order valence-corrected chi connectivity index (χ4v) is 2.63. The van der Waals surface area contributed by atoms with Gasteiger partial charge < -0.3 is 15.4 Å². The number of ether oxygens (including phenoxy) is 1. The summed E-state index contributed by atoms with van der Waals surface area (Å²) in [5.41, 5.74) is 5.55. The first kappa shape index (κ1) is 10.7. The number of carbonyl (C=O) groups excluding carboxylic acids is 1. The largest absolute Gasteiger partial charge is 0.444 e. The van der Waals surface area contributed by atoms with Gasteiger partial charge in [-0.05, 0) is 40.0 Å². The molecule has 2 fully saturated rings. The van der Waals surface area contributed by atoms with Crippen LogP contribution in [-0.2, 0) is 4.74 Å². The molecule has 2 heterocycles. The predicted octanol–water partition coefficient (Wildman–Crippen LogP) is 1.49. The standard InChI is InChI=1S/C11H20N2O2/c1-11(2,3)15-10(14)13-7-4-5-9(13)8(12)6-7/h7-9H,4-6,12H2,1-3H3/t7-,8?,9+/m1/s1. The van der Waals surface area contributed by atoms with Gasteiger partial charge in [0.2, 0.25) is 0 Å². The van der Waals surface area contributed by atoms with Gasteiger partial charge in [0.15, 0.2) is 0 Å². The molecule has 2 rings (SSSR count). The average molecular weight is 212 g/mol. The summed E-state index contributed by atoms with van der Waals surface area (Å²) >= 11 is 0. The van der Waals surface area contributed by atoms with E-state index in [0.29, 0.717) is 6.04 Å². The van der Waals surface area contributed by atoms with Crippen molar-refractivity contribution in [1.82, 2.24) is 4.90 Å². The highest BCUT2D eigenvalue weighted by Gasteiger charge is 2.48. The molecule has 2 aliphatic heterocycles. The molecule has 3 atom stereocenters. The van der Waals surface area contributed by atoms with Crippen molar-refractivity contribution >= 4 is 6.09 Å². The van der Waals surface area contributed by atoms with Crippen molar-refractivity contribution in [3.05, 3.63) is 0 Å². The number of rotatable bonds is 0. The topological polar surface area (TPSA) is 55.6 Å². The second-order valence-electron chi connectivity index (χ2n) is 5.59. The third kappa shape index (κ3) is 1.95. The molecular weight excluding hydrogens is 192 g/mol. The summed E-state index contributed by atoms with van der Waals surface area (Å²) in [5.74, 6) is 0. The van der Waals surface area contributed by atoms with Crippen LogP contribution in [0.1, 0.15) is 40.0 Å². The molecule has 2 bridgehead atoms. The summed E-state index contributed by atoms with van der Waals surface area (Å²) in [7, 11) is 0. The molecule has 1 unspecified atom stereocenters. The first-order chi connectivity index (χ1) is 6.88. The Morgan fingerprint density at radius 3 is 2.47 bits per heavy atom. The molecule has 0 aromatic heterocycles. The first-order valence-electron chi connectivity index (χ1n) is 5.65. The number of nitrogens with zero attached hydrogens (tertiary/aromatic N) is 1. The lowest BCUT2D eigenvalue weighted by Crippen LogP contribution is -2.43. The van der Waals surface area contributed by atoms with Crippen LogP contribution in [0.4, 0.5) is 4.79 Å². The number of carbonyl (C=O) groups is 1. The predicted molar refractivity (Wildman–Crippen MR) is 57.5 cm³/mol. The van der Waals surface area contributed by atoms with Gasteiger partial charge in [-0.2, -0.15) is 0 Å². The minimum absolute atomic E-state index is 0.149. The Balaban J connectivity index is 2.03. The molecule has 2 N–H and O–H groups in total. The first-order valence-corrected chi connectivity index (χ1v) is 5.65. The molecule has 2 aliphatic rings. The van der Waals surface area contributed by atoms with Crippen molar-refractivity contribution in [3.8, 4) is 0 Å². The molecule has 0 spiro atoms. The van der Waals surface area contributed by atoms with Gasteiger partial charge in [-0.1, -0.05) is 0 Å². The van der Waals surface area contributed by atoms with Crippen molar-refractivity contribution in [1.29, 1.82) is 0 Å². The molecule has 0 radical (unpaired) electrons. The highest BCUT2D eigenvalue weighted by Crippen LogP contribution is 2.37. The number of hydrogen-bond donors (Lipinski definition) is 1.